The highest BCUT2D eigenvalue weighted by Crippen LogP contribution is 2.47. The van der Waals surface area contributed by atoms with Crippen LogP contribution in [0.4, 0.5) is 0 Å². The maximum absolute atomic E-state index is 6.74. The maximum atomic E-state index is 6.74. The fourth-order valence-electron chi connectivity index (χ4n) is 9.02. The normalized spacial score (nSPS) is 12.1. The van der Waals surface area contributed by atoms with E-state index in [0.29, 0.717) is 0 Å². The molecule has 0 saturated heterocycles. The number of furan rings is 1. The van der Waals surface area contributed by atoms with Crippen LogP contribution in [0.3, 0.4) is 0 Å². The molecule has 0 unspecified atom stereocenters. The Balaban J connectivity index is 0.993. The van der Waals surface area contributed by atoms with Gasteiger partial charge >= 0.3 is 0 Å². The van der Waals surface area contributed by atoms with Crippen molar-refractivity contribution in [1.82, 2.24) is 0 Å². The van der Waals surface area contributed by atoms with Crippen LogP contribution in [-0.2, 0) is 0 Å². The number of fused-ring (bicyclic) bond motifs is 12. The molecule has 0 fully saturated rings. The van der Waals surface area contributed by atoms with E-state index in [1.54, 1.807) is 0 Å². The molecule has 2 heterocycles. The van der Waals surface area contributed by atoms with Gasteiger partial charge in [-0.3, -0.25) is 0 Å². The summed E-state index contributed by atoms with van der Waals surface area (Å²) in [4.78, 5) is 0. The van der Waals surface area contributed by atoms with Crippen molar-refractivity contribution in [1.29, 1.82) is 0 Å². The third-order valence-electron chi connectivity index (χ3n) is 11.5. The van der Waals surface area contributed by atoms with Gasteiger partial charge in [0.25, 0.3) is 0 Å². The minimum atomic E-state index is 0.919. The zero-order chi connectivity index (χ0) is 35.3. The van der Waals surface area contributed by atoms with E-state index in [1.807, 2.05) is 11.3 Å². The molecule has 2 heteroatoms. The zero-order valence-corrected chi connectivity index (χ0v) is 30.0. The van der Waals surface area contributed by atoms with Gasteiger partial charge in [0.2, 0.25) is 0 Å². The Kier molecular flexibility index (Phi) is 6.28. The monoisotopic (exact) mass is 702 g/mol. The van der Waals surface area contributed by atoms with Crippen LogP contribution in [0.15, 0.2) is 186 Å². The summed E-state index contributed by atoms with van der Waals surface area (Å²) >= 11 is 1.83. The molecule has 0 radical (unpaired) electrons. The molecule has 12 rings (SSSR count). The maximum Gasteiger partial charge on any atom is 0.153 e. The minimum Gasteiger partial charge on any atom is -0.455 e. The third kappa shape index (κ3) is 4.26. The molecule has 0 bridgehead atoms. The van der Waals surface area contributed by atoms with Crippen LogP contribution in [-0.4, -0.2) is 0 Å². The van der Waals surface area contributed by atoms with Gasteiger partial charge in [0.15, 0.2) is 5.58 Å². The highest BCUT2D eigenvalue weighted by atomic mass is 32.1. The molecule has 0 saturated carbocycles. The van der Waals surface area contributed by atoms with E-state index >= 15 is 0 Å². The highest BCUT2D eigenvalue weighted by molar-refractivity contribution is 7.26. The van der Waals surface area contributed by atoms with E-state index in [2.05, 4.69) is 182 Å². The number of hydrogen-bond acceptors (Lipinski definition) is 2. The molecule has 0 aliphatic heterocycles. The standard InChI is InChI=1S/C52H30OS/c1-3-13-36-32(10-1)12-9-19-39(36)49-42-17-7-5-15-40(42)48(41-16-6-8-18-43(41)49)34-22-20-31(21-23-34)35-24-26-38-44-27-28-45-50-37-14-4-2-11-33(37)25-29-47(50)54-52(45)51(44)53-46(38)30-35/h1-30H. The Morgan fingerprint density at radius 3 is 1.65 bits per heavy atom. The second-order valence-electron chi connectivity index (χ2n) is 14.3. The third-order valence-corrected chi connectivity index (χ3v) is 12.6. The predicted molar refractivity (Wildman–Crippen MR) is 233 cm³/mol. The summed E-state index contributed by atoms with van der Waals surface area (Å²) < 4.78 is 9.25. The molecule has 1 nitrogen and oxygen atoms in total. The van der Waals surface area contributed by atoms with Crippen LogP contribution < -0.4 is 0 Å². The first-order valence-electron chi connectivity index (χ1n) is 18.5. The van der Waals surface area contributed by atoms with E-state index in [-0.39, 0.29) is 0 Å². The average Bonchev–Trinajstić information content (AvgIpc) is 3.81. The Hall–Kier alpha value is -6.74. The lowest BCUT2D eigenvalue weighted by atomic mass is 9.84. The van der Waals surface area contributed by atoms with E-state index < -0.39 is 0 Å². The zero-order valence-electron chi connectivity index (χ0n) is 29.1. The first-order valence-corrected chi connectivity index (χ1v) is 19.3. The van der Waals surface area contributed by atoms with Crippen molar-refractivity contribution in [3.8, 4) is 33.4 Å². The van der Waals surface area contributed by atoms with E-state index in [0.717, 1.165) is 22.1 Å². The van der Waals surface area contributed by atoms with Crippen molar-refractivity contribution in [3.05, 3.63) is 182 Å². The summed E-state index contributed by atoms with van der Waals surface area (Å²) in [7, 11) is 0. The molecule has 0 aliphatic rings. The van der Waals surface area contributed by atoms with E-state index in [4.69, 9.17) is 4.42 Å². The molecule has 10 aromatic carbocycles. The largest absolute Gasteiger partial charge is 0.455 e. The van der Waals surface area contributed by atoms with Crippen molar-refractivity contribution >= 4 is 96.5 Å². The molecule has 0 amide bonds. The van der Waals surface area contributed by atoms with Crippen LogP contribution in [0.2, 0.25) is 0 Å². The van der Waals surface area contributed by atoms with Crippen molar-refractivity contribution in [2.45, 2.75) is 0 Å². The Morgan fingerprint density at radius 2 is 0.907 bits per heavy atom. The predicted octanol–water partition coefficient (Wildman–Crippen LogP) is 15.6. The number of rotatable bonds is 3. The lowest BCUT2D eigenvalue weighted by Crippen LogP contribution is -1.91. The lowest BCUT2D eigenvalue weighted by Gasteiger charge is -2.19. The molecule has 0 atom stereocenters. The topological polar surface area (TPSA) is 13.1 Å². The number of benzene rings is 10. The Morgan fingerprint density at radius 1 is 0.352 bits per heavy atom. The van der Waals surface area contributed by atoms with Gasteiger partial charge in [-0.05, 0) is 101 Å². The summed E-state index contributed by atoms with van der Waals surface area (Å²) in [5.41, 5.74) is 9.25. The number of thiophene rings is 1. The van der Waals surface area contributed by atoms with Crippen molar-refractivity contribution < 1.29 is 4.42 Å². The molecular formula is C52H30OS. The summed E-state index contributed by atoms with van der Waals surface area (Å²) in [6.45, 7) is 0. The van der Waals surface area contributed by atoms with Crippen molar-refractivity contribution in [3.63, 3.8) is 0 Å². The van der Waals surface area contributed by atoms with Crippen LogP contribution >= 0.6 is 11.3 Å². The molecular weight excluding hydrogens is 673 g/mol. The first-order chi connectivity index (χ1) is 26.8. The van der Waals surface area contributed by atoms with E-state index in [1.165, 1.54) is 96.5 Å². The molecule has 2 aromatic heterocycles. The molecule has 0 N–H and O–H groups in total. The summed E-state index contributed by atoms with van der Waals surface area (Å²) in [6.07, 6.45) is 0. The minimum absolute atomic E-state index is 0.919. The van der Waals surface area contributed by atoms with Crippen molar-refractivity contribution in [2.75, 3.05) is 0 Å². The van der Waals surface area contributed by atoms with Gasteiger partial charge in [-0.25, -0.2) is 0 Å². The second kappa shape index (κ2) is 11.4. The smallest absolute Gasteiger partial charge is 0.153 e. The summed E-state index contributed by atoms with van der Waals surface area (Å²) in [5.74, 6) is 0. The van der Waals surface area contributed by atoms with Crippen LogP contribution in [0.25, 0.3) is 119 Å². The Bertz CT molecular complexity index is 3430. The summed E-state index contributed by atoms with van der Waals surface area (Å²) in [5, 5.41) is 15.0. The Labute approximate surface area is 314 Å². The number of hydrogen-bond donors (Lipinski definition) is 0. The fourth-order valence-corrected chi connectivity index (χ4v) is 10.2. The van der Waals surface area contributed by atoms with Gasteiger partial charge in [0, 0.05) is 26.2 Å². The van der Waals surface area contributed by atoms with Crippen LogP contribution in [0.1, 0.15) is 0 Å². The van der Waals surface area contributed by atoms with Crippen LogP contribution in [0.5, 0.6) is 0 Å². The highest BCUT2D eigenvalue weighted by Gasteiger charge is 2.19. The van der Waals surface area contributed by atoms with Crippen molar-refractivity contribution in [2.24, 2.45) is 0 Å². The molecule has 250 valence electrons. The first kappa shape index (κ1) is 29.8. The van der Waals surface area contributed by atoms with Crippen LogP contribution in [0, 0.1) is 0 Å². The molecule has 54 heavy (non-hydrogen) atoms. The van der Waals surface area contributed by atoms with Gasteiger partial charge < -0.3 is 4.42 Å². The SMILES string of the molecule is c1ccc2c(-c3c4ccccc4c(-c4ccc(-c5ccc6c(c5)oc5c6ccc6c5sc5ccc7ccccc7c56)cc4)c4ccccc34)cccc2c1. The summed E-state index contributed by atoms with van der Waals surface area (Å²) in [6, 6.07) is 66.6. The fraction of sp³-hybridized carbons (Fsp3) is 0. The van der Waals surface area contributed by atoms with Gasteiger partial charge in [-0.2, -0.15) is 0 Å². The molecule has 0 aliphatic carbocycles. The van der Waals surface area contributed by atoms with Gasteiger partial charge in [-0.15, -0.1) is 11.3 Å². The van der Waals surface area contributed by atoms with Gasteiger partial charge in [0.05, 0.1) is 4.70 Å². The second-order valence-corrected chi connectivity index (χ2v) is 15.4. The lowest BCUT2D eigenvalue weighted by molar-refractivity contribution is 0.673. The van der Waals surface area contributed by atoms with E-state index in [9.17, 15) is 0 Å². The van der Waals surface area contributed by atoms with Gasteiger partial charge in [-0.1, -0.05) is 158 Å². The average molecular weight is 703 g/mol. The molecule has 12 aromatic rings. The quantitative estimate of drug-likeness (QED) is 0.167. The molecule has 0 spiro atoms. The van der Waals surface area contributed by atoms with Gasteiger partial charge in [0.1, 0.15) is 5.58 Å².